The highest BCUT2D eigenvalue weighted by molar-refractivity contribution is 5.67. The number of carbonyl (C=O) groups is 1. The number of carbonyl (C=O) groups excluding carboxylic acids is 1. The molecule has 2 N–H and O–H groups in total. The van der Waals surface area contributed by atoms with Crippen LogP contribution in [0.25, 0.3) is 0 Å². The van der Waals surface area contributed by atoms with Gasteiger partial charge in [-0.25, -0.2) is 4.79 Å². The minimum absolute atomic E-state index is 0.274. The molecule has 5 nitrogen and oxygen atoms in total. The fourth-order valence-electron chi connectivity index (χ4n) is 0.931. The number of nitrogens with one attached hydrogen (secondary N) is 1. The molecule has 0 aliphatic rings. The zero-order chi connectivity index (χ0) is 11.9. The molecule has 0 unspecified atom stereocenters. The molecule has 0 radical (unpaired) electrons. The van der Waals surface area contributed by atoms with Crippen molar-refractivity contribution in [3.05, 3.63) is 0 Å². The second-order valence-electron chi connectivity index (χ2n) is 4.33. The van der Waals surface area contributed by atoms with E-state index in [1.165, 1.54) is 7.11 Å². The molecule has 0 saturated heterocycles. The number of amides is 1. The molecule has 0 aromatic carbocycles. The van der Waals surface area contributed by atoms with Crippen molar-refractivity contribution < 1.29 is 19.4 Å². The quantitative estimate of drug-likeness (QED) is 0.721. The number of hydrogen-bond donors (Lipinski definition) is 2. The van der Waals surface area contributed by atoms with Gasteiger partial charge < -0.3 is 19.9 Å². The Morgan fingerprint density at radius 1 is 1.47 bits per heavy atom. The van der Waals surface area contributed by atoms with E-state index in [1.807, 2.05) is 0 Å². The Bertz CT molecular complexity index is 188. The second kappa shape index (κ2) is 6.63. The van der Waals surface area contributed by atoms with E-state index in [2.05, 4.69) is 5.32 Å². The van der Waals surface area contributed by atoms with E-state index in [0.717, 1.165) is 0 Å². The van der Waals surface area contributed by atoms with Crippen molar-refractivity contribution in [1.82, 2.24) is 5.32 Å². The summed E-state index contributed by atoms with van der Waals surface area (Å²) in [5.74, 6) is 0. The molecule has 0 rings (SSSR count). The minimum atomic E-state index is -0.551. The van der Waals surface area contributed by atoms with Crippen molar-refractivity contribution in [3.63, 3.8) is 0 Å². The number of ether oxygens (including phenoxy) is 2. The van der Waals surface area contributed by atoms with E-state index in [9.17, 15) is 9.90 Å². The smallest absolute Gasteiger partial charge is 0.407 e. The first-order valence-electron chi connectivity index (χ1n) is 4.99. The summed E-state index contributed by atoms with van der Waals surface area (Å²) in [4.78, 5) is 11.2. The highest BCUT2D eigenvalue weighted by atomic mass is 16.6. The monoisotopic (exact) mass is 219 g/mol. The van der Waals surface area contributed by atoms with Crippen LogP contribution in [-0.4, -0.2) is 43.2 Å². The molecule has 0 spiro atoms. The third-order valence-corrected chi connectivity index (χ3v) is 1.50. The summed E-state index contributed by atoms with van der Waals surface area (Å²) in [5, 5.41) is 11.8. The van der Waals surface area contributed by atoms with Gasteiger partial charge in [0.05, 0.1) is 12.7 Å². The topological polar surface area (TPSA) is 67.8 Å². The SMILES string of the molecule is COC[C@@H](O)CCNC(=O)OC(C)(C)C. The molecule has 0 aromatic heterocycles. The van der Waals surface area contributed by atoms with E-state index >= 15 is 0 Å². The molecule has 0 aliphatic carbocycles. The lowest BCUT2D eigenvalue weighted by Crippen LogP contribution is -2.34. The molecule has 0 saturated carbocycles. The van der Waals surface area contributed by atoms with Crippen molar-refractivity contribution in [2.24, 2.45) is 0 Å². The fourth-order valence-corrected chi connectivity index (χ4v) is 0.931. The fraction of sp³-hybridized carbons (Fsp3) is 0.900. The molecule has 90 valence electrons. The number of rotatable bonds is 5. The molecule has 5 heteroatoms. The van der Waals surface area contributed by atoms with Gasteiger partial charge in [0.1, 0.15) is 5.60 Å². The van der Waals surface area contributed by atoms with Crippen molar-refractivity contribution in [2.75, 3.05) is 20.3 Å². The lowest BCUT2D eigenvalue weighted by Gasteiger charge is -2.20. The van der Waals surface area contributed by atoms with Crippen LogP contribution in [0.1, 0.15) is 27.2 Å². The Morgan fingerprint density at radius 2 is 2.07 bits per heavy atom. The minimum Gasteiger partial charge on any atom is -0.444 e. The highest BCUT2D eigenvalue weighted by Gasteiger charge is 2.15. The van der Waals surface area contributed by atoms with Gasteiger partial charge in [-0.15, -0.1) is 0 Å². The third-order valence-electron chi connectivity index (χ3n) is 1.50. The normalized spacial score (nSPS) is 13.4. The van der Waals surface area contributed by atoms with Crippen LogP contribution in [-0.2, 0) is 9.47 Å². The maximum atomic E-state index is 11.2. The Balaban J connectivity index is 3.55. The summed E-state index contributed by atoms with van der Waals surface area (Å²) < 4.78 is 9.76. The Labute approximate surface area is 90.8 Å². The van der Waals surface area contributed by atoms with Crippen LogP contribution in [0.5, 0.6) is 0 Å². The van der Waals surface area contributed by atoms with Crippen molar-refractivity contribution in [2.45, 2.75) is 38.9 Å². The third kappa shape index (κ3) is 9.49. The van der Waals surface area contributed by atoms with Crippen molar-refractivity contribution in [1.29, 1.82) is 0 Å². The zero-order valence-electron chi connectivity index (χ0n) is 9.87. The molecular weight excluding hydrogens is 198 g/mol. The molecule has 0 fully saturated rings. The van der Waals surface area contributed by atoms with Gasteiger partial charge in [-0.05, 0) is 27.2 Å². The molecule has 0 heterocycles. The highest BCUT2D eigenvalue weighted by Crippen LogP contribution is 2.06. The van der Waals surface area contributed by atoms with Gasteiger partial charge in [0.25, 0.3) is 0 Å². The maximum absolute atomic E-state index is 11.2. The summed E-state index contributed by atoms with van der Waals surface area (Å²) in [6.45, 7) is 6.04. The van der Waals surface area contributed by atoms with Gasteiger partial charge in [-0.2, -0.15) is 0 Å². The first-order chi connectivity index (χ1) is 6.85. The van der Waals surface area contributed by atoms with Crippen molar-refractivity contribution in [3.8, 4) is 0 Å². The molecular formula is C10H21NO4. The number of methoxy groups -OCH3 is 1. The summed E-state index contributed by atoms with van der Waals surface area (Å²) in [6, 6.07) is 0. The molecule has 0 aliphatic heterocycles. The van der Waals surface area contributed by atoms with Gasteiger partial charge in [0, 0.05) is 13.7 Å². The van der Waals surface area contributed by atoms with Crippen LogP contribution < -0.4 is 5.32 Å². The standard InChI is InChI=1S/C10H21NO4/c1-10(2,3)15-9(13)11-6-5-8(12)7-14-4/h8,12H,5-7H2,1-4H3,(H,11,13)/t8-/m0/s1. The van der Waals surface area contributed by atoms with E-state index in [1.54, 1.807) is 20.8 Å². The first kappa shape index (κ1) is 14.2. The molecule has 0 aromatic rings. The van der Waals surface area contributed by atoms with Crippen LogP contribution in [0.3, 0.4) is 0 Å². The Hall–Kier alpha value is -0.810. The molecule has 1 atom stereocenters. The van der Waals surface area contributed by atoms with Gasteiger partial charge in [0.15, 0.2) is 0 Å². The lowest BCUT2D eigenvalue weighted by atomic mass is 10.2. The van der Waals surface area contributed by atoms with Crippen LogP contribution in [0.15, 0.2) is 0 Å². The average molecular weight is 219 g/mol. The summed E-state index contributed by atoms with van der Waals surface area (Å²) >= 11 is 0. The summed E-state index contributed by atoms with van der Waals surface area (Å²) in [5.41, 5.74) is -0.491. The van der Waals surface area contributed by atoms with Gasteiger partial charge in [0.2, 0.25) is 0 Å². The van der Waals surface area contributed by atoms with E-state index in [-0.39, 0.29) is 6.61 Å². The van der Waals surface area contributed by atoms with Gasteiger partial charge >= 0.3 is 6.09 Å². The molecule has 0 bridgehead atoms. The number of alkyl carbamates (subject to hydrolysis) is 1. The van der Waals surface area contributed by atoms with Gasteiger partial charge in [-0.1, -0.05) is 0 Å². The summed E-state index contributed by atoms with van der Waals surface area (Å²) in [6.07, 6.45) is -0.565. The maximum Gasteiger partial charge on any atom is 0.407 e. The molecule has 15 heavy (non-hydrogen) atoms. The molecule has 1 amide bonds. The van der Waals surface area contributed by atoms with Crippen LogP contribution in [0, 0.1) is 0 Å². The second-order valence-corrected chi connectivity index (χ2v) is 4.33. The van der Waals surface area contributed by atoms with Crippen LogP contribution in [0.4, 0.5) is 4.79 Å². The van der Waals surface area contributed by atoms with Crippen molar-refractivity contribution >= 4 is 6.09 Å². The predicted molar refractivity (Wildman–Crippen MR) is 56.7 cm³/mol. The predicted octanol–water partition coefficient (Wildman–Crippen LogP) is 0.908. The van der Waals surface area contributed by atoms with Gasteiger partial charge in [-0.3, -0.25) is 0 Å². The van der Waals surface area contributed by atoms with E-state index in [4.69, 9.17) is 9.47 Å². The number of aliphatic hydroxyl groups is 1. The number of aliphatic hydroxyl groups excluding tert-OH is 1. The lowest BCUT2D eigenvalue weighted by molar-refractivity contribution is 0.0464. The largest absolute Gasteiger partial charge is 0.444 e. The number of hydrogen-bond acceptors (Lipinski definition) is 4. The zero-order valence-corrected chi connectivity index (χ0v) is 9.87. The Morgan fingerprint density at radius 3 is 2.53 bits per heavy atom. The Kier molecular flexibility index (Phi) is 6.27. The van der Waals surface area contributed by atoms with E-state index < -0.39 is 17.8 Å². The first-order valence-corrected chi connectivity index (χ1v) is 4.99. The van der Waals surface area contributed by atoms with Crippen LogP contribution >= 0.6 is 0 Å². The van der Waals surface area contributed by atoms with E-state index in [0.29, 0.717) is 13.0 Å². The summed E-state index contributed by atoms with van der Waals surface area (Å²) in [7, 11) is 1.52. The average Bonchev–Trinajstić information content (AvgIpc) is 2.00. The van der Waals surface area contributed by atoms with Crippen LogP contribution in [0.2, 0.25) is 0 Å².